The second-order valence-corrected chi connectivity index (χ2v) is 5.31. The molecule has 1 unspecified atom stereocenters. The minimum Gasteiger partial charge on any atom is -0.483 e. The van der Waals surface area contributed by atoms with Crippen LogP contribution in [-0.2, 0) is 15.8 Å². The lowest BCUT2D eigenvalue weighted by Crippen LogP contribution is -2.56. The van der Waals surface area contributed by atoms with Crippen molar-refractivity contribution in [3.63, 3.8) is 0 Å². The van der Waals surface area contributed by atoms with E-state index >= 15 is 0 Å². The molecule has 0 saturated carbocycles. The number of nitrogens with zero attached hydrogens (tertiary/aromatic N) is 1. The van der Waals surface area contributed by atoms with Gasteiger partial charge < -0.3 is 5.11 Å². The number of carbonyl (C=O) groups is 1. The zero-order valence-electron chi connectivity index (χ0n) is 9.68. The Kier molecular flexibility index (Phi) is 4.92. The lowest BCUT2D eigenvalue weighted by molar-refractivity contribution is -0.122. The Hall–Kier alpha value is -1.34. The fourth-order valence-corrected chi connectivity index (χ4v) is 2.85. The molecule has 0 radical (unpaired) electrons. The van der Waals surface area contributed by atoms with Gasteiger partial charge in [-0.05, 0) is 24.6 Å². The third kappa shape index (κ3) is 3.85. The van der Waals surface area contributed by atoms with E-state index in [9.17, 15) is 13.0 Å². The number of alkyl halides is 2. The summed E-state index contributed by atoms with van der Waals surface area (Å²) < 4.78 is 38.2. The first-order chi connectivity index (χ1) is 8.39. The van der Waals surface area contributed by atoms with E-state index in [-0.39, 0.29) is 6.47 Å². The van der Waals surface area contributed by atoms with Crippen LogP contribution in [0.4, 0.5) is 8.78 Å². The van der Waals surface area contributed by atoms with E-state index in [1.54, 1.807) is 18.2 Å². The fraction of sp³-hybridized carbons (Fsp3) is 0.364. The van der Waals surface area contributed by atoms with Crippen molar-refractivity contribution in [3.8, 4) is 0 Å². The highest BCUT2D eigenvalue weighted by molar-refractivity contribution is 7.82. The predicted molar refractivity (Wildman–Crippen MR) is 62.8 cm³/mol. The smallest absolute Gasteiger partial charge is 0.290 e. The number of carboxylic acid groups (broad SMARTS) is 1. The molecule has 1 saturated heterocycles. The van der Waals surface area contributed by atoms with Crippen LogP contribution in [0.1, 0.15) is 5.56 Å². The molecule has 1 aliphatic heterocycles. The van der Waals surface area contributed by atoms with Crippen LogP contribution in [0, 0.1) is 6.92 Å². The maximum atomic E-state index is 12.6. The third-order valence-electron chi connectivity index (χ3n) is 2.24. The summed E-state index contributed by atoms with van der Waals surface area (Å²) in [7, 11) is -1.44. The van der Waals surface area contributed by atoms with Gasteiger partial charge >= 0.3 is 0 Å². The zero-order chi connectivity index (χ0) is 13.8. The second-order valence-electron chi connectivity index (χ2n) is 3.83. The average molecular weight is 277 g/mol. The second kappa shape index (κ2) is 6.01. The maximum absolute atomic E-state index is 12.6. The summed E-state index contributed by atoms with van der Waals surface area (Å²) >= 11 is 0. The zero-order valence-corrected chi connectivity index (χ0v) is 10.5. The number of halogens is 2. The molecule has 7 heteroatoms. The minimum absolute atomic E-state index is 0.250. The van der Waals surface area contributed by atoms with E-state index in [1.807, 2.05) is 13.0 Å². The number of hydrogen-bond acceptors (Lipinski definition) is 2. The molecule has 1 aromatic rings. The molecule has 18 heavy (non-hydrogen) atoms. The molecule has 0 bridgehead atoms. The van der Waals surface area contributed by atoms with E-state index in [2.05, 4.69) is 0 Å². The van der Waals surface area contributed by atoms with Gasteiger partial charge in [0.25, 0.3) is 12.4 Å². The van der Waals surface area contributed by atoms with E-state index in [0.29, 0.717) is 4.90 Å². The number of benzene rings is 1. The SMILES string of the molecule is Cc1cccc(S(=O)N2CC(F)(F)C2)c1.O=CO. The van der Waals surface area contributed by atoms with Crippen LogP contribution in [-0.4, -0.2) is 39.1 Å². The Morgan fingerprint density at radius 3 is 2.44 bits per heavy atom. The first-order valence-electron chi connectivity index (χ1n) is 5.09. The highest BCUT2D eigenvalue weighted by atomic mass is 32.2. The normalized spacial score (nSPS) is 19.1. The van der Waals surface area contributed by atoms with E-state index < -0.39 is 30.0 Å². The molecule has 2 rings (SSSR count). The van der Waals surface area contributed by atoms with Crippen LogP contribution in [0.5, 0.6) is 0 Å². The molecule has 1 aromatic carbocycles. The molecule has 1 heterocycles. The molecule has 1 fully saturated rings. The highest BCUT2D eigenvalue weighted by Crippen LogP contribution is 2.30. The van der Waals surface area contributed by atoms with Gasteiger partial charge in [-0.1, -0.05) is 12.1 Å². The lowest BCUT2D eigenvalue weighted by Gasteiger charge is -2.37. The van der Waals surface area contributed by atoms with Crippen LogP contribution in [0.25, 0.3) is 0 Å². The van der Waals surface area contributed by atoms with Crippen molar-refractivity contribution in [1.29, 1.82) is 0 Å². The van der Waals surface area contributed by atoms with Crippen molar-refractivity contribution < 1.29 is 22.9 Å². The predicted octanol–water partition coefficient (Wildman–Crippen LogP) is 1.67. The Labute approximate surface area is 106 Å². The quantitative estimate of drug-likeness (QED) is 0.837. The summed E-state index contributed by atoms with van der Waals surface area (Å²) in [6.07, 6.45) is 0. The summed E-state index contributed by atoms with van der Waals surface area (Å²) in [5.41, 5.74) is 0.980. The summed E-state index contributed by atoms with van der Waals surface area (Å²) in [4.78, 5) is 8.95. The largest absolute Gasteiger partial charge is 0.483 e. The summed E-state index contributed by atoms with van der Waals surface area (Å²) in [5, 5.41) is 6.89. The first kappa shape index (κ1) is 14.7. The van der Waals surface area contributed by atoms with Crippen molar-refractivity contribution in [1.82, 2.24) is 4.31 Å². The Morgan fingerprint density at radius 1 is 1.44 bits per heavy atom. The van der Waals surface area contributed by atoms with Crippen molar-refractivity contribution in [3.05, 3.63) is 29.8 Å². The lowest BCUT2D eigenvalue weighted by atomic mass is 10.2. The monoisotopic (exact) mass is 277 g/mol. The average Bonchev–Trinajstić information content (AvgIpc) is 2.26. The fourth-order valence-electron chi connectivity index (χ4n) is 1.46. The first-order valence-corrected chi connectivity index (χ1v) is 6.19. The van der Waals surface area contributed by atoms with E-state index in [0.717, 1.165) is 5.56 Å². The highest BCUT2D eigenvalue weighted by Gasteiger charge is 2.46. The van der Waals surface area contributed by atoms with Gasteiger partial charge in [0.1, 0.15) is 11.0 Å². The van der Waals surface area contributed by atoms with Gasteiger partial charge in [0.2, 0.25) is 0 Å². The molecule has 0 aliphatic carbocycles. The Bertz CT molecular complexity index is 446. The number of hydrogen-bond donors (Lipinski definition) is 1. The number of rotatable bonds is 2. The summed E-state index contributed by atoms with van der Waals surface area (Å²) in [5.74, 6) is -2.67. The molecule has 0 amide bonds. The van der Waals surface area contributed by atoms with Crippen LogP contribution in [0.2, 0.25) is 0 Å². The van der Waals surface area contributed by atoms with Crippen LogP contribution in [0.15, 0.2) is 29.2 Å². The van der Waals surface area contributed by atoms with Crippen molar-refractivity contribution in [2.24, 2.45) is 0 Å². The van der Waals surface area contributed by atoms with Crippen LogP contribution >= 0.6 is 0 Å². The molecular formula is C11H13F2NO3S. The van der Waals surface area contributed by atoms with Crippen LogP contribution in [0.3, 0.4) is 0 Å². The molecule has 4 nitrogen and oxygen atoms in total. The van der Waals surface area contributed by atoms with Gasteiger partial charge in [0, 0.05) is 0 Å². The summed E-state index contributed by atoms with van der Waals surface area (Å²) in [6.45, 7) is 0.812. The van der Waals surface area contributed by atoms with Gasteiger partial charge in [-0.3, -0.25) is 4.79 Å². The third-order valence-corrected chi connectivity index (χ3v) is 3.63. The van der Waals surface area contributed by atoms with Gasteiger partial charge in [-0.2, -0.15) is 0 Å². The van der Waals surface area contributed by atoms with E-state index in [1.165, 1.54) is 4.31 Å². The molecule has 1 atom stereocenters. The molecule has 0 spiro atoms. The molecule has 0 aromatic heterocycles. The number of aryl methyl sites for hydroxylation is 1. The molecule has 1 aliphatic rings. The van der Waals surface area contributed by atoms with Gasteiger partial charge in [-0.15, -0.1) is 0 Å². The van der Waals surface area contributed by atoms with Gasteiger partial charge in [-0.25, -0.2) is 17.3 Å². The molecule has 100 valence electrons. The topological polar surface area (TPSA) is 57.6 Å². The standard InChI is InChI=1S/C10H11F2NOS.CH2O2/c1-8-3-2-4-9(5-8)15(14)13-6-10(11,12)7-13;2-1-3/h2-5H,6-7H2,1H3;1H,(H,2,3). The minimum atomic E-state index is -2.67. The van der Waals surface area contributed by atoms with Crippen LogP contribution < -0.4 is 0 Å². The molecule has 1 N–H and O–H groups in total. The Balaban J connectivity index is 0.000000492. The maximum Gasteiger partial charge on any atom is 0.290 e. The Morgan fingerprint density at radius 2 is 2.00 bits per heavy atom. The van der Waals surface area contributed by atoms with Crippen molar-refractivity contribution >= 4 is 17.5 Å². The van der Waals surface area contributed by atoms with E-state index in [4.69, 9.17) is 9.90 Å². The van der Waals surface area contributed by atoms with Crippen molar-refractivity contribution in [2.45, 2.75) is 17.7 Å². The van der Waals surface area contributed by atoms with Crippen molar-refractivity contribution in [2.75, 3.05) is 13.1 Å². The molecular weight excluding hydrogens is 264 g/mol. The van der Waals surface area contributed by atoms with Gasteiger partial charge in [0.15, 0.2) is 0 Å². The van der Waals surface area contributed by atoms with Gasteiger partial charge in [0.05, 0.1) is 18.0 Å². The summed E-state index contributed by atoms with van der Waals surface area (Å²) in [6, 6.07) is 7.11.